The highest BCUT2D eigenvalue weighted by atomic mass is 16.2. The first-order valence-electron chi connectivity index (χ1n) is 4.43. The quantitative estimate of drug-likeness (QED) is 0.506. The lowest BCUT2D eigenvalue weighted by molar-refractivity contribution is -0.125. The molecule has 13 heavy (non-hydrogen) atoms. The first kappa shape index (κ1) is 9.98. The Hall–Kier alpha value is -1.10. The molecule has 0 saturated carbocycles. The fraction of sp³-hybridized carbons (Fsp3) is 0.750. The molecule has 0 spiro atoms. The van der Waals surface area contributed by atoms with Crippen LogP contribution in [-0.2, 0) is 9.59 Å². The summed E-state index contributed by atoms with van der Waals surface area (Å²) in [5, 5.41) is 8.41. The molecule has 5 heteroatoms. The summed E-state index contributed by atoms with van der Waals surface area (Å²) in [5.41, 5.74) is 0. The lowest BCUT2D eigenvalue weighted by atomic mass is 10.2. The van der Waals surface area contributed by atoms with Gasteiger partial charge in [0.15, 0.2) is 0 Å². The van der Waals surface area contributed by atoms with E-state index in [0.29, 0.717) is 0 Å². The van der Waals surface area contributed by atoms with Crippen molar-refractivity contribution in [2.45, 2.75) is 19.4 Å². The zero-order valence-electron chi connectivity index (χ0n) is 7.72. The van der Waals surface area contributed by atoms with Gasteiger partial charge in [-0.2, -0.15) is 0 Å². The van der Waals surface area contributed by atoms with Crippen molar-refractivity contribution in [3.05, 3.63) is 0 Å². The third kappa shape index (κ3) is 3.89. The van der Waals surface area contributed by atoms with Crippen LogP contribution in [0, 0.1) is 0 Å². The number of carbonyl (C=O) groups is 2. The van der Waals surface area contributed by atoms with Crippen molar-refractivity contribution in [2.75, 3.05) is 19.6 Å². The average molecular weight is 185 g/mol. The van der Waals surface area contributed by atoms with Crippen molar-refractivity contribution < 1.29 is 9.59 Å². The Morgan fingerprint density at radius 1 is 1.54 bits per heavy atom. The van der Waals surface area contributed by atoms with Crippen molar-refractivity contribution in [1.29, 1.82) is 0 Å². The maximum Gasteiger partial charge on any atom is 0.239 e. The molecule has 0 aliphatic carbocycles. The minimum Gasteiger partial charge on any atom is -0.351 e. The van der Waals surface area contributed by atoms with Gasteiger partial charge in [0.05, 0.1) is 6.54 Å². The Kier molecular flexibility index (Phi) is 3.70. The molecule has 1 aliphatic rings. The van der Waals surface area contributed by atoms with Crippen molar-refractivity contribution >= 4 is 11.8 Å². The van der Waals surface area contributed by atoms with E-state index >= 15 is 0 Å². The van der Waals surface area contributed by atoms with Gasteiger partial charge >= 0.3 is 0 Å². The van der Waals surface area contributed by atoms with Gasteiger partial charge in [-0.25, -0.2) is 0 Å². The van der Waals surface area contributed by atoms with Crippen molar-refractivity contribution in [3.8, 4) is 0 Å². The molecule has 1 aliphatic heterocycles. The molecule has 2 amide bonds. The molecule has 1 rings (SSSR count). The molecule has 0 radical (unpaired) electrons. The van der Waals surface area contributed by atoms with Crippen LogP contribution in [0.1, 0.15) is 13.3 Å². The largest absolute Gasteiger partial charge is 0.351 e. The Morgan fingerprint density at radius 2 is 2.31 bits per heavy atom. The predicted octanol–water partition coefficient (Wildman–Crippen LogP) is -1.40. The SMILES string of the molecule is CC(=O)NCC(=O)N[C@H]1CCNC1. The summed E-state index contributed by atoms with van der Waals surface area (Å²) in [6.07, 6.45) is 0.964. The molecule has 1 saturated heterocycles. The van der Waals surface area contributed by atoms with E-state index in [1.807, 2.05) is 0 Å². The van der Waals surface area contributed by atoms with Crippen LogP contribution in [0.25, 0.3) is 0 Å². The lowest BCUT2D eigenvalue weighted by Gasteiger charge is -2.10. The van der Waals surface area contributed by atoms with Crippen LogP contribution in [-0.4, -0.2) is 37.5 Å². The van der Waals surface area contributed by atoms with Crippen molar-refractivity contribution in [3.63, 3.8) is 0 Å². The number of amides is 2. The molecule has 0 aromatic carbocycles. The monoisotopic (exact) mass is 185 g/mol. The predicted molar refractivity (Wildman–Crippen MR) is 48.1 cm³/mol. The maximum atomic E-state index is 11.1. The molecule has 0 bridgehead atoms. The molecular formula is C8H15N3O2. The topological polar surface area (TPSA) is 70.2 Å². The van der Waals surface area contributed by atoms with E-state index in [-0.39, 0.29) is 24.4 Å². The second kappa shape index (κ2) is 4.81. The van der Waals surface area contributed by atoms with Gasteiger partial charge in [-0.05, 0) is 13.0 Å². The molecule has 5 nitrogen and oxygen atoms in total. The molecule has 0 aromatic heterocycles. The highest BCUT2D eigenvalue weighted by molar-refractivity contribution is 5.83. The van der Waals surface area contributed by atoms with E-state index in [1.165, 1.54) is 6.92 Å². The second-order valence-electron chi connectivity index (χ2n) is 3.17. The number of hydrogen-bond acceptors (Lipinski definition) is 3. The van der Waals surface area contributed by atoms with Crippen LogP contribution in [0.3, 0.4) is 0 Å². The van der Waals surface area contributed by atoms with E-state index in [0.717, 1.165) is 19.5 Å². The number of hydrogen-bond donors (Lipinski definition) is 3. The molecule has 1 heterocycles. The van der Waals surface area contributed by atoms with Crippen LogP contribution in [0.2, 0.25) is 0 Å². The van der Waals surface area contributed by atoms with E-state index < -0.39 is 0 Å². The number of carbonyl (C=O) groups excluding carboxylic acids is 2. The fourth-order valence-electron chi connectivity index (χ4n) is 1.26. The Morgan fingerprint density at radius 3 is 2.85 bits per heavy atom. The summed E-state index contributed by atoms with van der Waals surface area (Å²) in [7, 11) is 0. The van der Waals surface area contributed by atoms with Crippen LogP contribution in [0.15, 0.2) is 0 Å². The number of rotatable bonds is 3. The standard InChI is InChI=1S/C8H15N3O2/c1-6(12)10-5-8(13)11-7-2-3-9-4-7/h7,9H,2-5H2,1H3,(H,10,12)(H,11,13)/t7-/m0/s1. The van der Waals surface area contributed by atoms with Gasteiger partial charge in [-0.3, -0.25) is 9.59 Å². The van der Waals surface area contributed by atoms with E-state index in [4.69, 9.17) is 0 Å². The van der Waals surface area contributed by atoms with E-state index in [9.17, 15) is 9.59 Å². The maximum absolute atomic E-state index is 11.1. The third-order valence-corrected chi connectivity index (χ3v) is 1.92. The van der Waals surface area contributed by atoms with Crippen molar-refractivity contribution in [2.24, 2.45) is 0 Å². The van der Waals surface area contributed by atoms with Gasteiger partial charge in [-0.15, -0.1) is 0 Å². The van der Waals surface area contributed by atoms with Gasteiger partial charge in [0, 0.05) is 19.5 Å². The Balaban J connectivity index is 2.13. The highest BCUT2D eigenvalue weighted by Gasteiger charge is 2.16. The molecule has 74 valence electrons. The molecule has 3 N–H and O–H groups in total. The van der Waals surface area contributed by atoms with Crippen molar-refractivity contribution in [1.82, 2.24) is 16.0 Å². The minimum absolute atomic E-state index is 0.0752. The third-order valence-electron chi connectivity index (χ3n) is 1.92. The summed E-state index contributed by atoms with van der Waals surface area (Å²) in [6.45, 7) is 3.24. The summed E-state index contributed by atoms with van der Waals surface area (Å²) in [6, 6.07) is 0.223. The highest BCUT2D eigenvalue weighted by Crippen LogP contribution is 1.95. The normalized spacial score (nSPS) is 21.2. The first-order valence-corrected chi connectivity index (χ1v) is 4.43. The second-order valence-corrected chi connectivity index (χ2v) is 3.17. The first-order chi connectivity index (χ1) is 6.18. The van der Waals surface area contributed by atoms with Crippen LogP contribution < -0.4 is 16.0 Å². The van der Waals surface area contributed by atoms with Gasteiger partial charge in [0.1, 0.15) is 0 Å². The van der Waals surface area contributed by atoms with Gasteiger partial charge in [0.25, 0.3) is 0 Å². The molecule has 0 aromatic rings. The molecule has 1 atom stereocenters. The van der Waals surface area contributed by atoms with Gasteiger partial charge < -0.3 is 16.0 Å². The lowest BCUT2D eigenvalue weighted by Crippen LogP contribution is -2.42. The minimum atomic E-state index is -0.181. The summed E-state index contributed by atoms with van der Waals surface area (Å²) in [5.74, 6) is -0.302. The Labute approximate surface area is 77.3 Å². The molecule has 1 fully saturated rings. The zero-order valence-corrected chi connectivity index (χ0v) is 7.72. The summed E-state index contributed by atoms with van der Waals surface area (Å²) >= 11 is 0. The molecular weight excluding hydrogens is 170 g/mol. The van der Waals surface area contributed by atoms with E-state index in [2.05, 4.69) is 16.0 Å². The zero-order chi connectivity index (χ0) is 9.68. The number of nitrogens with one attached hydrogen (secondary N) is 3. The van der Waals surface area contributed by atoms with Crippen LogP contribution in [0.5, 0.6) is 0 Å². The van der Waals surface area contributed by atoms with Gasteiger partial charge in [-0.1, -0.05) is 0 Å². The van der Waals surface area contributed by atoms with Gasteiger partial charge in [0.2, 0.25) is 11.8 Å². The summed E-state index contributed by atoms with van der Waals surface area (Å²) in [4.78, 5) is 21.6. The van der Waals surface area contributed by atoms with Crippen LogP contribution >= 0.6 is 0 Å². The van der Waals surface area contributed by atoms with Crippen LogP contribution in [0.4, 0.5) is 0 Å². The smallest absolute Gasteiger partial charge is 0.239 e. The fourth-order valence-corrected chi connectivity index (χ4v) is 1.26. The summed E-state index contributed by atoms with van der Waals surface area (Å²) < 4.78 is 0. The average Bonchev–Trinajstić information content (AvgIpc) is 2.53. The molecule has 0 unspecified atom stereocenters. The van der Waals surface area contributed by atoms with E-state index in [1.54, 1.807) is 0 Å². The Bertz CT molecular complexity index is 200.